The van der Waals surface area contributed by atoms with Crippen LogP contribution in [0.4, 0.5) is 5.69 Å². The van der Waals surface area contributed by atoms with E-state index in [0.717, 1.165) is 25.7 Å². The Morgan fingerprint density at radius 2 is 1.63 bits per heavy atom. The van der Waals surface area contributed by atoms with Crippen LogP contribution in [0.25, 0.3) is 0 Å². The highest BCUT2D eigenvalue weighted by molar-refractivity contribution is 5.95. The molecule has 2 rings (SSSR count). The van der Waals surface area contributed by atoms with Crippen molar-refractivity contribution in [2.75, 3.05) is 18.5 Å². The lowest BCUT2D eigenvalue weighted by molar-refractivity contribution is -0.307. The summed E-state index contributed by atoms with van der Waals surface area (Å²) in [7, 11) is 0. The number of nitrogen functional groups attached to an aromatic ring is 1. The fourth-order valence-corrected chi connectivity index (χ4v) is 2.78. The van der Waals surface area contributed by atoms with Crippen LogP contribution in [-0.2, 0) is 4.79 Å². The van der Waals surface area contributed by atoms with Crippen molar-refractivity contribution in [2.24, 2.45) is 5.73 Å². The van der Waals surface area contributed by atoms with E-state index in [4.69, 9.17) is 20.6 Å². The molecule has 0 radical (unpaired) electrons. The largest absolute Gasteiger partial charge is 0.548 e. The van der Waals surface area contributed by atoms with Crippen LogP contribution in [0.15, 0.2) is 42.5 Å². The van der Waals surface area contributed by atoms with Gasteiger partial charge in [-0.25, -0.2) is 0 Å². The Bertz CT molecular complexity index is 837. The number of ether oxygens (including phenoxy) is 2. The summed E-state index contributed by atoms with van der Waals surface area (Å²) in [5.41, 5.74) is 7.10. The average Bonchev–Trinajstić information content (AvgIpc) is 2.73. The van der Waals surface area contributed by atoms with E-state index < -0.39 is 12.0 Å². The number of unbranched alkanes of at least 4 members (excludes halogenated alkanes) is 2. The van der Waals surface area contributed by atoms with Crippen molar-refractivity contribution in [1.29, 1.82) is 5.41 Å². The van der Waals surface area contributed by atoms with Gasteiger partial charge in [0.15, 0.2) is 11.5 Å². The molecule has 0 saturated heterocycles. The first kappa shape index (κ1) is 23.1. The fourth-order valence-electron chi connectivity index (χ4n) is 2.78. The molecule has 0 bridgehead atoms. The number of aliphatic carboxylic acids is 1. The number of benzene rings is 2. The molecule has 7 nitrogen and oxygen atoms in total. The van der Waals surface area contributed by atoms with Gasteiger partial charge < -0.3 is 30.4 Å². The molecule has 4 N–H and O–H groups in total. The third-order valence-electron chi connectivity index (χ3n) is 4.55. The van der Waals surface area contributed by atoms with E-state index in [1.807, 2.05) is 0 Å². The molecule has 0 aromatic heterocycles. The predicted molar refractivity (Wildman–Crippen MR) is 116 cm³/mol. The standard InChI is InChI=1S/C23H31N3O4/c1-3-5-13-29-19-12-9-17(15-20(19)30-14-6-4-2)21(23(27)28)26-18-10-7-16(8-11-18)22(24)25/h7-12,15,21,26H,3-6,13-14H2,1-2H3,(H3,24,25)(H,27,28)/p-1. The molecule has 1 atom stereocenters. The molecule has 2 aromatic rings. The van der Waals surface area contributed by atoms with Crippen molar-refractivity contribution >= 4 is 17.5 Å². The first-order chi connectivity index (χ1) is 14.5. The smallest absolute Gasteiger partial charge is 0.161 e. The SMILES string of the molecule is CCCCOc1ccc(C(Nc2ccc(C(=N)N)cc2)C(=O)[O-])cc1OCCCC. The molecular formula is C23H30N3O4-. The molecule has 0 aliphatic carbocycles. The van der Waals surface area contributed by atoms with Crippen LogP contribution in [0.2, 0.25) is 0 Å². The Morgan fingerprint density at radius 1 is 1.03 bits per heavy atom. The Kier molecular flexibility index (Phi) is 9.00. The maximum atomic E-state index is 11.8. The van der Waals surface area contributed by atoms with E-state index in [1.165, 1.54) is 0 Å². The van der Waals surface area contributed by atoms with E-state index in [2.05, 4.69) is 19.2 Å². The second kappa shape index (κ2) is 11.7. The minimum Gasteiger partial charge on any atom is -0.548 e. The molecule has 0 amide bonds. The van der Waals surface area contributed by atoms with Crippen LogP contribution in [0.3, 0.4) is 0 Å². The molecule has 0 aliphatic heterocycles. The van der Waals surface area contributed by atoms with Gasteiger partial charge >= 0.3 is 0 Å². The lowest BCUT2D eigenvalue weighted by Gasteiger charge is -2.23. The highest BCUT2D eigenvalue weighted by atomic mass is 16.5. The van der Waals surface area contributed by atoms with E-state index in [1.54, 1.807) is 42.5 Å². The van der Waals surface area contributed by atoms with Crippen LogP contribution in [0.1, 0.15) is 56.7 Å². The van der Waals surface area contributed by atoms with Gasteiger partial charge in [0.25, 0.3) is 0 Å². The van der Waals surface area contributed by atoms with E-state index >= 15 is 0 Å². The normalized spacial score (nSPS) is 11.5. The van der Waals surface area contributed by atoms with E-state index in [9.17, 15) is 9.90 Å². The number of nitrogens with two attached hydrogens (primary N) is 1. The molecule has 30 heavy (non-hydrogen) atoms. The summed E-state index contributed by atoms with van der Waals surface area (Å²) < 4.78 is 11.7. The summed E-state index contributed by atoms with van der Waals surface area (Å²) in [6.07, 6.45) is 3.83. The molecular weight excluding hydrogens is 382 g/mol. The van der Waals surface area contributed by atoms with Crippen molar-refractivity contribution in [3.05, 3.63) is 53.6 Å². The van der Waals surface area contributed by atoms with Crippen LogP contribution in [0, 0.1) is 5.41 Å². The van der Waals surface area contributed by atoms with Gasteiger partial charge in [-0.05, 0) is 54.8 Å². The monoisotopic (exact) mass is 412 g/mol. The number of hydrogen-bond acceptors (Lipinski definition) is 6. The number of carbonyl (C=O) groups is 1. The number of carbonyl (C=O) groups excluding carboxylic acids is 1. The number of carboxylic acids is 1. The fraction of sp³-hybridized carbons (Fsp3) is 0.391. The second-order valence-corrected chi connectivity index (χ2v) is 7.00. The number of nitrogens with one attached hydrogen (secondary N) is 2. The van der Waals surface area contributed by atoms with Gasteiger partial charge in [0.05, 0.1) is 25.2 Å². The maximum absolute atomic E-state index is 11.8. The minimum absolute atomic E-state index is 0.0504. The van der Waals surface area contributed by atoms with Crippen molar-refractivity contribution in [3.63, 3.8) is 0 Å². The van der Waals surface area contributed by atoms with Gasteiger partial charge in [-0.15, -0.1) is 0 Å². The van der Waals surface area contributed by atoms with Gasteiger partial charge in [0.2, 0.25) is 0 Å². The van der Waals surface area contributed by atoms with E-state index in [0.29, 0.717) is 41.5 Å². The predicted octanol–water partition coefficient (Wildman–Crippen LogP) is 3.23. The van der Waals surface area contributed by atoms with Crippen LogP contribution < -0.4 is 25.6 Å². The molecule has 7 heteroatoms. The molecule has 0 spiro atoms. The number of rotatable bonds is 13. The lowest BCUT2D eigenvalue weighted by Crippen LogP contribution is -2.34. The van der Waals surface area contributed by atoms with Crippen molar-refractivity contribution < 1.29 is 19.4 Å². The summed E-state index contributed by atoms with van der Waals surface area (Å²) in [5, 5.41) is 22.3. The molecule has 0 fully saturated rings. The van der Waals surface area contributed by atoms with Crippen molar-refractivity contribution in [2.45, 2.75) is 45.6 Å². The van der Waals surface area contributed by atoms with Gasteiger partial charge in [0.1, 0.15) is 5.84 Å². The van der Waals surface area contributed by atoms with E-state index in [-0.39, 0.29) is 5.84 Å². The Morgan fingerprint density at radius 3 is 2.17 bits per heavy atom. The summed E-state index contributed by atoms with van der Waals surface area (Å²) in [4.78, 5) is 11.8. The highest BCUT2D eigenvalue weighted by Crippen LogP contribution is 2.32. The van der Waals surface area contributed by atoms with Gasteiger partial charge in [-0.3, -0.25) is 5.41 Å². The quantitative estimate of drug-likeness (QED) is 0.264. The first-order valence-corrected chi connectivity index (χ1v) is 10.3. The van der Waals surface area contributed by atoms with Gasteiger partial charge in [0, 0.05) is 11.3 Å². The zero-order valence-electron chi connectivity index (χ0n) is 17.6. The number of hydrogen-bond donors (Lipinski definition) is 3. The number of carboxylic acid groups (broad SMARTS) is 1. The molecule has 0 aliphatic rings. The van der Waals surface area contributed by atoms with Crippen molar-refractivity contribution in [3.8, 4) is 11.5 Å². The summed E-state index contributed by atoms with van der Waals surface area (Å²) in [5.74, 6) is -0.182. The molecule has 162 valence electrons. The first-order valence-electron chi connectivity index (χ1n) is 10.3. The minimum atomic E-state index is -1.26. The third-order valence-corrected chi connectivity index (χ3v) is 4.55. The Hall–Kier alpha value is -3.22. The van der Waals surface area contributed by atoms with Crippen LogP contribution in [0.5, 0.6) is 11.5 Å². The molecule has 1 unspecified atom stereocenters. The van der Waals surface area contributed by atoms with Crippen LogP contribution in [-0.4, -0.2) is 25.0 Å². The van der Waals surface area contributed by atoms with Crippen molar-refractivity contribution in [1.82, 2.24) is 0 Å². The average molecular weight is 413 g/mol. The van der Waals surface area contributed by atoms with Gasteiger partial charge in [-0.2, -0.15) is 0 Å². The third kappa shape index (κ3) is 6.69. The van der Waals surface area contributed by atoms with Crippen LogP contribution >= 0.6 is 0 Å². The summed E-state index contributed by atoms with van der Waals surface area (Å²) in [6.45, 7) is 5.26. The summed E-state index contributed by atoms with van der Waals surface area (Å²) in [6, 6.07) is 10.7. The summed E-state index contributed by atoms with van der Waals surface area (Å²) >= 11 is 0. The Balaban J connectivity index is 2.25. The number of anilines is 1. The maximum Gasteiger partial charge on any atom is 0.161 e. The molecule has 0 heterocycles. The number of amidine groups is 1. The second-order valence-electron chi connectivity index (χ2n) is 7.00. The highest BCUT2D eigenvalue weighted by Gasteiger charge is 2.16. The Labute approximate surface area is 177 Å². The lowest BCUT2D eigenvalue weighted by atomic mass is 10.1. The molecule has 0 saturated carbocycles. The molecule has 2 aromatic carbocycles. The van der Waals surface area contributed by atoms with Gasteiger partial charge in [-0.1, -0.05) is 32.8 Å². The zero-order valence-corrected chi connectivity index (χ0v) is 17.6. The topological polar surface area (TPSA) is 120 Å². The zero-order chi connectivity index (χ0) is 21.9.